The highest BCUT2D eigenvalue weighted by Gasteiger charge is 2.29. The Morgan fingerprint density at radius 2 is 2.29 bits per heavy atom. The van der Waals surface area contributed by atoms with Gasteiger partial charge in [-0.15, -0.1) is 21.5 Å². The second-order valence-electron chi connectivity index (χ2n) is 6.33. The molecule has 0 radical (unpaired) electrons. The van der Waals surface area contributed by atoms with Crippen molar-refractivity contribution >= 4 is 17.2 Å². The zero-order valence-electron chi connectivity index (χ0n) is 14.2. The van der Waals surface area contributed by atoms with Gasteiger partial charge in [-0.3, -0.25) is 4.79 Å². The first-order chi connectivity index (χ1) is 11.6. The van der Waals surface area contributed by atoms with Crippen molar-refractivity contribution in [2.75, 3.05) is 13.1 Å². The molecule has 1 amide bonds. The van der Waals surface area contributed by atoms with Gasteiger partial charge in [-0.05, 0) is 25.3 Å². The predicted molar refractivity (Wildman–Crippen MR) is 93.1 cm³/mol. The molecule has 1 fully saturated rings. The van der Waals surface area contributed by atoms with Crippen LogP contribution in [0.3, 0.4) is 0 Å². The number of aryl methyl sites for hydroxylation is 1. The van der Waals surface area contributed by atoms with Gasteiger partial charge in [-0.2, -0.15) is 0 Å². The van der Waals surface area contributed by atoms with Crippen molar-refractivity contribution in [2.24, 2.45) is 7.05 Å². The highest BCUT2D eigenvalue weighted by Crippen LogP contribution is 2.27. The third-order valence-corrected chi connectivity index (χ3v) is 5.61. The van der Waals surface area contributed by atoms with Crippen LogP contribution in [0.2, 0.25) is 0 Å². The Labute approximate surface area is 146 Å². The van der Waals surface area contributed by atoms with Crippen LogP contribution < -0.4 is 0 Å². The monoisotopic (exact) mass is 348 g/mol. The summed E-state index contributed by atoms with van der Waals surface area (Å²) >= 11 is 1.67. The normalized spacial score (nSPS) is 18.1. The van der Waals surface area contributed by atoms with Crippen LogP contribution in [0, 0.1) is 0 Å². The zero-order valence-corrected chi connectivity index (χ0v) is 15.1. The molecule has 130 valence electrons. The Morgan fingerprint density at radius 3 is 3.00 bits per heavy atom. The van der Waals surface area contributed by atoms with E-state index in [1.807, 2.05) is 28.0 Å². The lowest BCUT2D eigenvalue weighted by molar-refractivity contribution is 0.0703. The molecule has 7 heteroatoms. The van der Waals surface area contributed by atoms with Crippen molar-refractivity contribution in [3.63, 3.8) is 0 Å². The molecule has 3 rings (SSSR count). The second-order valence-corrected chi connectivity index (χ2v) is 7.33. The van der Waals surface area contributed by atoms with Gasteiger partial charge in [0.15, 0.2) is 5.82 Å². The number of hydrogen-bond donors (Lipinski definition) is 1. The lowest BCUT2D eigenvalue weighted by atomic mass is 9.96. The largest absolute Gasteiger partial charge is 0.388 e. The summed E-state index contributed by atoms with van der Waals surface area (Å²) < 4.78 is 1.85. The number of aliphatic hydroxyl groups excluding tert-OH is 1. The minimum atomic E-state index is -0.117. The molecule has 0 aliphatic carbocycles. The molecule has 0 aromatic carbocycles. The number of aromatic nitrogens is 3. The molecular formula is C17H24N4O2S. The summed E-state index contributed by atoms with van der Waals surface area (Å²) in [5.74, 6) is 1.71. The Kier molecular flexibility index (Phi) is 5.30. The van der Waals surface area contributed by atoms with Crippen molar-refractivity contribution < 1.29 is 9.90 Å². The molecule has 1 atom stereocenters. The van der Waals surface area contributed by atoms with Gasteiger partial charge in [0.2, 0.25) is 0 Å². The van der Waals surface area contributed by atoms with Gasteiger partial charge in [0.1, 0.15) is 12.4 Å². The van der Waals surface area contributed by atoms with Crippen LogP contribution in [0.25, 0.3) is 0 Å². The van der Waals surface area contributed by atoms with E-state index in [1.54, 1.807) is 11.3 Å². The molecule has 24 heavy (non-hydrogen) atoms. The Morgan fingerprint density at radius 1 is 1.46 bits per heavy atom. The van der Waals surface area contributed by atoms with Crippen LogP contribution >= 0.6 is 11.3 Å². The molecular weight excluding hydrogens is 324 g/mol. The van der Waals surface area contributed by atoms with Gasteiger partial charge in [-0.1, -0.05) is 13.3 Å². The average Bonchev–Trinajstić information content (AvgIpc) is 3.21. The predicted octanol–water partition coefficient (Wildman–Crippen LogP) is 2.34. The minimum Gasteiger partial charge on any atom is -0.388 e. The maximum Gasteiger partial charge on any atom is 0.254 e. The van der Waals surface area contributed by atoms with Crippen LogP contribution in [-0.2, 0) is 20.1 Å². The fourth-order valence-corrected chi connectivity index (χ4v) is 4.26. The van der Waals surface area contributed by atoms with Gasteiger partial charge >= 0.3 is 0 Å². The SMILES string of the molecule is CCCc1cc(C(=O)N2CCCC(c3nnc(CO)n3C)C2)cs1. The molecule has 1 saturated heterocycles. The van der Waals surface area contributed by atoms with Crippen molar-refractivity contribution in [1.29, 1.82) is 0 Å². The van der Waals surface area contributed by atoms with Gasteiger partial charge in [0, 0.05) is 36.3 Å². The summed E-state index contributed by atoms with van der Waals surface area (Å²) in [5, 5.41) is 19.5. The van der Waals surface area contributed by atoms with E-state index < -0.39 is 0 Å². The number of likely N-dealkylation sites (tertiary alicyclic amines) is 1. The second kappa shape index (κ2) is 7.44. The highest BCUT2D eigenvalue weighted by molar-refractivity contribution is 7.10. The van der Waals surface area contributed by atoms with Gasteiger partial charge in [0.05, 0.1) is 5.56 Å². The van der Waals surface area contributed by atoms with E-state index >= 15 is 0 Å². The van der Waals surface area contributed by atoms with E-state index in [9.17, 15) is 9.90 Å². The number of amides is 1. The van der Waals surface area contributed by atoms with Crippen LogP contribution in [0.15, 0.2) is 11.4 Å². The number of carbonyl (C=O) groups excluding carboxylic acids is 1. The topological polar surface area (TPSA) is 71.2 Å². The highest BCUT2D eigenvalue weighted by atomic mass is 32.1. The van der Waals surface area contributed by atoms with Crippen LogP contribution in [0.4, 0.5) is 0 Å². The van der Waals surface area contributed by atoms with Crippen LogP contribution in [0.5, 0.6) is 0 Å². The number of hydrogen-bond acceptors (Lipinski definition) is 5. The summed E-state index contributed by atoms with van der Waals surface area (Å²) in [6.45, 7) is 3.49. The fraction of sp³-hybridized carbons (Fsp3) is 0.588. The number of rotatable bonds is 5. The summed E-state index contributed by atoms with van der Waals surface area (Å²) in [4.78, 5) is 16.0. The first-order valence-electron chi connectivity index (χ1n) is 8.49. The van der Waals surface area contributed by atoms with Gasteiger partial charge in [-0.25, -0.2) is 0 Å². The third-order valence-electron chi connectivity index (χ3n) is 4.61. The molecule has 0 saturated carbocycles. The molecule has 0 bridgehead atoms. The number of piperidine rings is 1. The molecule has 2 aromatic rings. The van der Waals surface area contributed by atoms with E-state index in [1.165, 1.54) is 4.88 Å². The summed E-state index contributed by atoms with van der Waals surface area (Å²) in [7, 11) is 1.87. The van der Waals surface area contributed by atoms with E-state index in [0.717, 1.165) is 43.6 Å². The molecule has 2 aromatic heterocycles. The number of nitrogens with zero attached hydrogens (tertiary/aromatic N) is 4. The van der Waals surface area contributed by atoms with E-state index in [-0.39, 0.29) is 18.4 Å². The smallest absolute Gasteiger partial charge is 0.254 e. The Hall–Kier alpha value is -1.73. The first kappa shape index (κ1) is 17.1. The fourth-order valence-electron chi connectivity index (χ4n) is 3.29. The van der Waals surface area contributed by atoms with Crippen molar-refractivity contribution in [1.82, 2.24) is 19.7 Å². The number of thiophene rings is 1. The Bertz CT molecular complexity index is 709. The standard InChI is InChI=1S/C17H24N4O2S/c1-3-5-14-8-13(11-24-14)17(23)21-7-4-6-12(9-21)16-19-18-15(10-22)20(16)2/h8,11-12,22H,3-7,9-10H2,1-2H3. The molecule has 3 heterocycles. The average molecular weight is 348 g/mol. The van der Waals surface area contributed by atoms with Crippen molar-refractivity contribution in [3.8, 4) is 0 Å². The molecule has 1 unspecified atom stereocenters. The van der Waals surface area contributed by atoms with Crippen molar-refractivity contribution in [2.45, 2.75) is 45.1 Å². The molecule has 1 aliphatic heterocycles. The Balaban J connectivity index is 1.72. The molecule has 0 spiro atoms. The third kappa shape index (κ3) is 3.37. The van der Waals surface area contributed by atoms with Gasteiger partial charge < -0.3 is 14.6 Å². The number of carbonyl (C=O) groups is 1. The lowest BCUT2D eigenvalue weighted by Gasteiger charge is -2.32. The molecule has 1 aliphatic rings. The zero-order chi connectivity index (χ0) is 17.1. The van der Waals surface area contributed by atoms with E-state index in [4.69, 9.17) is 0 Å². The number of aliphatic hydroxyl groups is 1. The summed E-state index contributed by atoms with van der Waals surface area (Å²) in [6.07, 6.45) is 4.08. The lowest BCUT2D eigenvalue weighted by Crippen LogP contribution is -2.39. The quantitative estimate of drug-likeness (QED) is 0.900. The van der Waals surface area contributed by atoms with Gasteiger partial charge in [0.25, 0.3) is 5.91 Å². The maximum atomic E-state index is 12.8. The summed E-state index contributed by atoms with van der Waals surface area (Å²) in [6, 6.07) is 2.03. The first-order valence-corrected chi connectivity index (χ1v) is 9.37. The van der Waals surface area contributed by atoms with E-state index in [2.05, 4.69) is 17.1 Å². The molecule has 1 N–H and O–H groups in total. The van der Waals surface area contributed by atoms with Crippen LogP contribution in [-0.4, -0.2) is 43.8 Å². The minimum absolute atomic E-state index is 0.114. The van der Waals surface area contributed by atoms with E-state index in [0.29, 0.717) is 12.4 Å². The molecule has 6 nitrogen and oxygen atoms in total. The maximum absolute atomic E-state index is 12.8. The van der Waals surface area contributed by atoms with Crippen LogP contribution in [0.1, 0.15) is 59.0 Å². The van der Waals surface area contributed by atoms with Crippen molar-refractivity contribution in [3.05, 3.63) is 33.5 Å². The summed E-state index contributed by atoms with van der Waals surface area (Å²) in [5.41, 5.74) is 0.804.